The average Bonchev–Trinajstić information content (AvgIpc) is 2.42. The lowest BCUT2D eigenvalue weighted by Gasteiger charge is -2.22. The summed E-state index contributed by atoms with van der Waals surface area (Å²) in [6, 6.07) is 1.89. The first-order chi connectivity index (χ1) is 8.08. The van der Waals surface area contributed by atoms with Crippen molar-refractivity contribution in [2.45, 2.75) is 13.3 Å². The van der Waals surface area contributed by atoms with E-state index in [9.17, 15) is 4.79 Å². The van der Waals surface area contributed by atoms with Gasteiger partial charge in [0.25, 0.3) is 0 Å². The number of nitrogens with two attached hydrogens (primary N) is 1. The standard InChI is InChI=1S/C12H18N4O/c1-9-6-10(13)7-14-12(9)16-5-3-4-15(2)11(17)8-16/h6-7H,3-5,8,13H2,1-2H3. The summed E-state index contributed by atoms with van der Waals surface area (Å²) in [6.07, 6.45) is 2.61. The van der Waals surface area contributed by atoms with E-state index in [2.05, 4.69) is 4.98 Å². The molecule has 2 rings (SSSR count). The van der Waals surface area contributed by atoms with E-state index in [1.165, 1.54) is 0 Å². The topological polar surface area (TPSA) is 62.5 Å². The van der Waals surface area contributed by atoms with Crippen LogP contribution in [0.1, 0.15) is 12.0 Å². The van der Waals surface area contributed by atoms with Crippen LogP contribution in [0.25, 0.3) is 0 Å². The van der Waals surface area contributed by atoms with Crippen LogP contribution < -0.4 is 10.6 Å². The third kappa shape index (κ3) is 2.49. The lowest BCUT2D eigenvalue weighted by Crippen LogP contribution is -2.35. The van der Waals surface area contributed by atoms with E-state index >= 15 is 0 Å². The number of nitrogens with zero attached hydrogens (tertiary/aromatic N) is 3. The lowest BCUT2D eigenvalue weighted by atomic mass is 10.2. The van der Waals surface area contributed by atoms with Gasteiger partial charge in [-0.3, -0.25) is 4.79 Å². The number of anilines is 2. The molecule has 1 amide bonds. The molecule has 5 heteroatoms. The summed E-state index contributed by atoms with van der Waals surface area (Å²) in [5, 5.41) is 0. The highest BCUT2D eigenvalue weighted by Gasteiger charge is 2.20. The van der Waals surface area contributed by atoms with Crippen LogP contribution in [0.5, 0.6) is 0 Å². The van der Waals surface area contributed by atoms with Gasteiger partial charge in [-0.15, -0.1) is 0 Å². The lowest BCUT2D eigenvalue weighted by molar-refractivity contribution is -0.127. The van der Waals surface area contributed by atoms with Crippen molar-refractivity contribution in [3.8, 4) is 0 Å². The second-order valence-electron chi connectivity index (χ2n) is 4.50. The maximum atomic E-state index is 11.8. The fourth-order valence-corrected chi connectivity index (χ4v) is 2.09. The average molecular weight is 234 g/mol. The van der Waals surface area contributed by atoms with Gasteiger partial charge in [0.05, 0.1) is 18.4 Å². The number of aromatic nitrogens is 1. The molecule has 0 unspecified atom stereocenters. The molecule has 0 aliphatic carbocycles. The van der Waals surface area contributed by atoms with Crippen LogP contribution in [0, 0.1) is 6.92 Å². The number of amides is 1. The van der Waals surface area contributed by atoms with Gasteiger partial charge >= 0.3 is 0 Å². The zero-order valence-corrected chi connectivity index (χ0v) is 10.3. The molecule has 1 fully saturated rings. The van der Waals surface area contributed by atoms with E-state index in [1.807, 2.05) is 24.9 Å². The third-order valence-corrected chi connectivity index (χ3v) is 3.04. The Morgan fingerprint density at radius 2 is 2.18 bits per heavy atom. The molecule has 2 heterocycles. The van der Waals surface area contributed by atoms with Gasteiger partial charge in [-0.25, -0.2) is 4.98 Å². The Bertz CT molecular complexity index is 433. The number of carbonyl (C=O) groups is 1. The summed E-state index contributed by atoms with van der Waals surface area (Å²) in [5.41, 5.74) is 7.35. The molecule has 92 valence electrons. The second kappa shape index (κ2) is 4.61. The number of aryl methyl sites for hydroxylation is 1. The van der Waals surface area contributed by atoms with Crippen LogP contribution in [0.2, 0.25) is 0 Å². The highest BCUT2D eigenvalue weighted by molar-refractivity contribution is 5.81. The summed E-state index contributed by atoms with van der Waals surface area (Å²) in [5.74, 6) is 1.00. The number of pyridine rings is 1. The van der Waals surface area contributed by atoms with E-state index in [-0.39, 0.29) is 5.91 Å². The minimum atomic E-state index is 0.139. The first-order valence-electron chi connectivity index (χ1n) is 5.79. The van der Waals surface area contributed by atoms with E-state index < -0.39 is 0 Å². The van der Waals surface area contributed by atoms with Crippen LogP contribution in [-0.4, -0.2) is 42.5 Å². The summed E-state index contributed by atoms with van der Waals surface area (Å²) in [4.78, 5) is 19.9. The first-order valence-corrected chi connectivity index (χ1v) is 5.79. The summed E-state index contributed by atoms with van der Waals surface area (Å²) < 4.78 is 0. The van der Waals surface area contributed by atoms with Gasteiger partial charge in [-0.2, -0.15) is 0 Å². The molecule has 1 aliphatic rings. The van der Waals surface area contributed by atoms with Crippen LogP contribution >= 0.6 is 0 Å². The number of carbonyl (C=O) groups excluding carboxylic acids is 1. The van der Waals surface area contributed by atoms with Crippen molar-refractivity contribution in [2.24, 2.45) is 0 Å². The van der Waals surface area contributed by atoms with Crippen molar-refractivity contribution in [3.63, 3.8) is 0 Å². The number of nitrogen functional groups attached to an aromatic ring is 1. The monoisotopic (exact) mass is 234 g/mol. The molecule has 1 aromatic heterocycles. The molecule has 0 radical (unpaired) electrons. The van der Waals surface area contributed by atoms with E-state index in [4.69, 9.17) is 5.73 Å². The molecule has 17 heavy (non-hydrogen) atoms. The molecule has 0 aromatic carbocycles. The molecular weight excluding hydrogens is 216 g/mol. The van der Waals surface area contributed by atoms with Gasteiger partial charge in [0, 0.05) is 20.1 Å². The molecule has 1 saturated heterocycles. The Labute approximate surface area is 101 Å². The van der Waals surface area contributed by atoms with Crippen LogP contribution in [0.3, 0.4) is 0 Å². The minimum absolute atomic E-state index is 0.139. The van der Waals surface area contributed by atoms with Gasteiger partial charge < -0.3 is 15.5 Å². The smallest absolute Gasteiger partial charge is 0.241 e. The largest absolute Gasteiger partial charge is 0.397 e. The Balaban J connectivity index is 2.24. The third-order valence-electron chi connectivity index (χ3n) is 3.04. The molecule has 0 atom stereocenters. The summed E-state index contributed by atoms with van der Waals surface area (Å²) >= 11 is 0. The molecule has 0 bridgehead atoms. The number of hydrogen-bond donors (Lipinski definition) is 1. The van der Waals surface area contributed by atoms with E-state index in [0.717, 1.165) is 30.9 Å². The normalized spacial score (nSPS) is 17.2. The van der Waals surface area contributed by atoms with Gasteiger partial charge in [0.15, 0.2) is 0 Å². The molecule has 2 N–H and O–H groups in total. The van der Waals surface area contributed by atoms with Crippen molar-refractivity contribution in [1.82, 2.24) is 9.88 Å². The highest BCUT2D eigenvalue weighted by atomic mass is 16.2. The Kier molecular flexibility index (Phi) is 3.17. The maximum absolute atomic E-state index is 11.8. The van der Waals surface area contributed by atoms with Gasteiger partial charge in [0.1, 0.15) is 5.82 Å². The van der Waals surface area contributed by atoms with Crippen molar-refractivity contribution in [3.05, 3.63) is 17.8 Å². The number of rotatable bonds is 1. The van der Waals surface area contributed by atoms with Gasteiger partial charge in [-0.1, -0.05) is 0 Å². The van der Waals surface area contributed by atoms with E-state index in [1.54, 1.807) is 11.1 Å². The maximum Gasteiger partial charge on any atom is 0.241 e. The predicted octanol–water partition coefficient (Wildman–Crippen LogP) is 0.641. The zero-order valence-electron chi connectivity index (χ0n) is 10.3. The SMILES string of the molecule is Cc1cc(N)cnc1N1CCCN(C)C(=O)C1. The quantitative estimate of drug-likeness (QED) is 0.774. The van der Waals surface area contributed by atoms with Crippen molar-refractivity contribution >= 4 is 17.4 Å². The Morgan fingerprint density at radius 3 is 2.88 bits per heavy atom. The highest BCUT2D eigenvalue weighted by Crippen LogP contribution is 2.20. The fraction of sp³-hybridized carbons (Fsp3) is 0.500. The zero-order chi connectivity index (χ0) is 12.4. The van der Waals surface area contributed by atoms with Crippen molar-refractivity contribution in [1.29, 1.82) is 0 Å². The molecule has 1 aliphatic heterocycles. The molecule has 5 nitrogen and oxygen atoms in total. The molecule has 0 saturated carbocycles. The summed E-state index contributed by atoms with van der Waals surface area (Å²) in [7, 11) is 1.84. The summed E-state index contributed by atoms with van der Waals surface area (Å²) in [6.45, 7) is 4.03. The van der Waals surface area contributed by atoms with Gasteiger partial charge in [-0.05, 0) is 25.0 Å². The van der Waals surface area contributed by atoms with Crippen molar-refractivity contribution < 1.29 is 4.79 Å². The number of likely N-dealkylation sites (N-methyl/N-ethyl adjacent to an activating group) is 1. The second-order valence-corrected chi connectivity index (χ2v) is 4.50. The molecule has 0 spiro atoms. The fourth-order valence-electron chi connectivity index (χ4n) is 2.09. The first kappa shape index (κ1) is 11.7. The van der Waals surface area contributed by atoms with Gasteiger partial charge in [0.2, 0.25) is 5.91 Å². The van der Waals surface area contributed by atoms with Crippen LogP contribution in [0.4, 0.5) is 11.5 Å². The molecular formula is C12H18N4O. The van der Waals surface area contributed by atoms with Crippen molar-refractivity contribution in [2.75, 3.05) is 37.3 Å². The predicted molar refractivity (Wildman–Crippen MR) is 67.9 cm³/mol. The number of hydrogen-bond acceptors (Lipinski definition) is 4. The Hall–Kier alpha value is -1.78. The molecule has 1 aromatic rings. The van der Waals surface area contributed by atoms with E-state index in [0.29, 0.717) is 12.2 Å². The Morgan fingerprint density at radius 1 is 1.41 bits per heavy atom. The van der Waals surface area contributed by atoms with Crippen LogP contribution in [0.15, 0.2) is 12.3 Å². The van der Waals surface area contributed by atoms with Crippen LogP contribution in [-0.2, 0) is 4.79 Å². The minimum Gasteiger partial charge on any atom is -0.397 e.